The quantitative estimate of drug-likeness (QED) is 0.624. The molecule has 2 amide bonds. The molecule has 0 aromatic heterocycles. The molecule has 0 N–H and O–H groups in total. The molecule has 1 fully saturated rings. The van der Waals surface area contributed by atoms with Gasteiger partial charge in [0, 0.05) is 6.42 Å². The van der Waals surface area contributed by atoms with E-state index < -0.39 is 17.9 Å². The molecule has 1 saturated heterocycles. The van der Waals surface area contributed by atoms with Crippen LogP contribution in [0.15, 0.2) is 0 Å². The van der Waals surface area contributed by atoms with E-state index in [-0.39, 0.29) is 18.9 Å². The van der Waals surface area contributed by atoms with E-state index in [4.69, 9.17) is 0 Å². The molecule has 78 valence electrons. The smallest absolute Gasteiger partial charge is 0.416 e. The van der Waals surface area contributed by atoms with Gasteiger partial charge in [0.25, 0.3) is 0 Å². The van der Waals surface area contributed by atoms with Crippen molar-refractivity contribution in [2.24, 2.45) is 5.92 Å². The Kier molecular flexibility index (Phi) is 3.22. The first-order chi connectivity index (χ1) is 6.57. The number of nitrogens with zero attached hydrogens (tertiary/aromatic N) is 1. The van der Waals surface area contributed by atoms with Crippen molar-refractivity contribution in [1.82, 2.24) is 4.90 Å². The van der Waals surface area contributed by atoms with Crippen molar-refractivity contribution < 1.29 is 19.1 Å². The molecular formula is C9H13NO4. The number of amides is 2. The minimum atomic E-state index is -0.745. The van der Waals surface area contributed by atoms with E-state index in [9.17, 15) is 14.4 Å². The summed E-state index contributed by atoms with van der Waals surface area (Å²) in [6.45, 7) is 3.67. The number of imide groups is 1. The lowest BCUT2D eigenvalue weighted by Gasteiger charge is -2.14. The molecule has 1 rings (SSSR count). The fraction of sp³-hybridized carbons (Fsp3) is 0.667. The maximum absolute atomic E-state index is 11.6. The Balaban J connectivity index is 2.64. The molecule has 0 unspecified atom stereocenters. The predicted octanol–water partition coefficient (Wildman–Crippen LogP) is 0.580. The first kappa shape index (κ1) is 10.7. The van der Waals surface area contributed by atoms with Gasteiger partial charge in [-0.25, -0.2) is 9.69 Å². The topological polar surface area (TPSA) is 63.7 Å². The average molecular weight is 199 g/mol. The van der Waals surface area contributed by atoms with Crippen molar-refractivity contribution in [2.75, 3.05) is 13.2 Å². The molecule has 5 heteroatoms. The number of hydrogen-bond donors (Lipinski definition) is 0. The first-order valence-electron chi connectivity index (χ1n) is 4.58. The van der Waals surface area contributed by atoms with Crippen molar-refractivity contribution >= 4 is 17.8 Å². The molecular weight excluding hydrogens is 186 g/mol. The number of ketones is 1. The molecule has 1 aliphatic rings. The SMILES string of the molecule is CCC(=O)[C@@H](C)C(=O)N1CCOC1=O. The lowest BCUT2D eigenvalue weighted by atomic mass is 10.0. The van der Waals surface area contributed by atoms with E-state index in [2.05, 4.69) is 4.74 Å². The number of hydrogen-bond acceptors (Lipinski definition) is 4. The molecule has 0 spiro atoms. The minimum absolute atomic E-state index is 0.158. The highest BCUT2D eigenvalue weighted by molar-refractivity contribution is 6.05. The van der Waals surface area contributed by atoms with Crippen LogP contribution in [-0.4, -0.2) is 35.8 Å². The van der Waals surface area contributed by atoms with Crippen molar-refractivity contribution in [3.63, 3.8) is 0 Å². The number of cyclic esters (lactones) is 1. The molecule has 0 saturated carbocycles. The summed E-state index contributed by atoms with van der Waals surface area (Å²) in [4.78, 5) is 34.8. The van der Waals surface area contributed by atoms with Crippen LogP contribution in [0, 0.1) is 5.92 Å². The zero-order valence-electron chi connectivity index (χ0n) is 8.28. The molecule has 0 aromatic rings. The Morgan fingerprint density at radius 3 is 2.64 bits per heavy atom. The van der Waals surface area contributed by atoms with Crippen LogP contribution >= 0.6 is 0 Å². The largest absolute Gasteiger partial charge is 0.447 e. The van der Waals surface area contributed by atoms with Gasteiger partial charge in [0.2, 0.25) is 5.91 Å². The Labute approximate surface area is 82.0 Å². The zero-order valence-corrected chi connectivity index (χ0v) is 8.28. The fourth-order valence-electron chi connectivity index (χ4n) is 1.27. The highest BCUT2D eigenvalue weighted by Gasteiger charge is 2.33. The lowest BCUT2D eigenvalue weighted by Crippen LogP contribution is -2.38. The van der Waals surface area contributed by atoms with Gasteiger partial charge in [-0.3, -0.25) is 9.59 Å². The van der Waals surface area contributed by atoms with Crippen molar-refractivity contribution in [2.45, 2.75) is 20.3 Å². The molecule has 0 aromatic carbocycles. The standard InChI is InChI=1S/C9H13NO4/c1-3-7(11)6(2)8(12)10-4-5-14-9(10)13/h6H,3-5H2,1-2H3/t6-/m1/s1. The molecule has 0 bridgehead atoms. The monoisotopic (exact) mass is 199 g/mol. The number of carbonyl (C=O) groups is 3. The summed E-state index contributed by atoms with van der Waals surface area (Å²) in [7, 11) is 0. The van der Waals surface area contributed by atoms with E-state index in [1.165, 1.54) is 6.92 Å². The van der Waals surface area contributed by atoms with Crippen LogP contribution in [0.5, 0.6) is 0 Å². The molecule has 1 heterocycles. The third-order valence-electron chi connectivity index (χ3n) is 2.23. The van der Waals surface area contributed by atoms with Gasteiger partial charge >= 0.3 is 6.09 Å². The van der Waals surface area contributed by atoms with Gasteiger partial charge in [-0.15, -0.1) is 0 Å². The molecule has 5 nitrogen and oxygen atoms in total. The lowest BCUT2D eigenvalue weighted by molar-refractivity contribution is -0.137. The van der Waals surface area contributed by atoms with Crippen LogP contribution in [0.1, 0.15) is 20.3 Å². The molecule has 0 radical (unpaired) electrons. The number of ether oxygens (including phenoxy) is 1. The van der Waals surface area contributed by atoms with Crippen LogP contribution < -0.4 is 0 Å². The minimum Gasteiger partial charge on any atom is -0.447 e. The van der Waals surface area contributed by atoms with Gasteiger partial charge in [0.15, 0.2) is 0 Å². The van der Waals surface area contributed by atoms with E-state index in [1.807, 2.05) is 0 Å². The van der Waals surface area contributed by atoms with Gasteiger partial charge in [-0.05, 0) is 6.92 Å². The van der Waals surface area contributed by atoms with Crippen molar-refractivity contribution in [3.05, 3.63) is 0 Å². The molecule has 1 atom stereocenters. The normalized spacial score (nSPS) is 17.9. The van der Waals surface area contributed by atoms with Crippen LogP contribution in [0.2, 0.25) is 0 Å². The Bertz CT molecular complexity index is 274. The second kappa shape index (κ2) is 4.21. The van der Waals surface area contributed by atoms with E-state index in [0.29, 0.717) is 6.42 Å². The second-order valence-corrected chi connectivity index (χ2v) is 3.15. The summed E-state index contributed by atoms with van der Waals surface area (Å²) in [6, 6.07) is 0. The molecule has 0 aliphatic carbocycles. The zero-order chi connectivity index (χ0) is 10.7. The highest BCUT2D eigenvalue weighted by Crippen LogP contribution is 2.11. The highest BCUT2D eigenvalue weighted by atomic mass is 16.6. The van der Waals surface area contributed by atoms with Crippen molar-refractivity contribution in [3.8, 4) is 0 Å². The van der Waals surface area contributed by atoms with Gasteiger partial charge < -0.3 is 4.74 Å². The van der Waals surface area contributed by atoms with E-state index in [1.54, 1.807) is 6.92 Å². The summed E-state index contributed by atoms with van der Waals surface area (Å²) in [6.07, 6.45) is -0.346. The summed E-state index contributed by atoms with van der Waals surface area (Å²) in [5.41, 5.74) is 0. The van der Waals surface area contributed by atoms with Crippen molar-refractivity contribution in [1.29, 1.82) is 0 Å². The van der Waals surface area contributed by atoms with Gasteiger partial charge in [-0.1, -0.05) is 6.92 Å². The summed E-state index contributed by atoms with van der Waals surface area (Å²) in [5.74, 6) is -1.36. The van der Waals surface area contributed by atoms with E-state index >= 15 is 0 Å². The Hall–Kier alpha value is -1.39. The molecule has 1 aliphatic heterocycles. The Morgan fingerprint density at radius 1 is 1.57 bits per heavy atom. The third-order valence-corrected chi connectivity index (χ3v) is 2.23. The number of carbonyl (C=O) groups excluding carboxylic acids is 3. The fourth-order valence-corrected chi connectivity index (χ4v) is 1.27. The maximum Gasteiger partial charge on any atom is 0.416 e. The summed E-state index contributed by atoms with van der Waals surface area (Å²) < 4.78 is 4.61. The van der Waals surface area contributed by atoms with Gasteiger partial charge in [0.05, 0.1) is 12.5 Å². The molecule has 14 heavy (non-hydrogen) atoms. The maximum atomic E-state index is 11.6. The van der Waals surface area contributed by atoms with Crippen LogP contribution in [0.3, 0.4) is 0 Å². The van der Waals surface area contributed by atoms with Gasteiger partial charge in [-0.2, -0.15) is 0 Å². The number of rotatable bonds is 3. The third kappa shape index (κ3) is 1.92. The number of Topliss-reactive ketones (excluding diaryl/α,β-unsaturated/α-hetero) is 1. The van der Waals surface area contributed by atoms with Crippen LogP contribution in [0.25, 0.3) is 0 Å². The summed E-state index contributed by atoms with van der Waals surface area (Å²) >= 11 is 0. The van der Waals surface area contributed by atoms with Gasteiger partial charge in [0.1, 0.15) is 12.4 Å². The average Bonchev–Trinajstić information content (AvgIpc) is 2.61. The predicted molar refractivity (Wildman–Crippen MR) is 47.5 cm³/mol. The second-order valence-electron chi connectivity index (χ2n) is 3.15. The van der Waals surface area contributed by atoms with Crippen LogP contribution in [0.4, 0.5) is 4.79 Å². The first-order valence-corrected chi connectivity index (χ1v) is 4.58. The van der Waals surface area contributed by atoms with Crippen LogP contribution in [-0.2, 0) is 14.3 Å². The van der Waals surface area contributed by atoms with E-state index in [0.717, 1.165) is 4.90 Å². The summed E-state index contributed by atoms with van der Waals surface area (Å²) in [5, 5.41) is 0. The Morgan fingerprint density at radius 2 is 2.21 bits per heavy atom.